The molecule has 8 nitrogen and oxygen atoms in total. The Morgan fingerprint density at radius 2 is 1.84 bits per heavy atom. The molecule has 9 heteroatoms. The van der Waals surface area contributed by atoms with Gasteiger partial charge in [0.1, 0.15) is 0 Å². The molecule has 0 bridgehead atoms. The lowest BCUT2D eigenvalue weighted by atomic mass is 9.92. The maximum absolute atomic E-state index is 12.6. The maximum atomic E-state index is 12.6. The van der Waals surface area contributed by atoms with Crippen molar-refractivity contribution in [3.8, 4) is 5.69 Å². The highest BCUT2D eigenvalue weighted by Gasteiger charge is 2.23. The van der Waals surface area contributed by atoms with E-state index in [2.05, 4.69) is 61.3 Å². The number of nitrogens with zero attached hydrogens (tertiary/aromatic N) is 5. The van der Waals surface area contributed by atoms with Crippen LogP contribution in [0.5, 0.6) is 0 Å². The van der Waals surface area contributed by atoms with Crippen molar-refractivity contribution in [1.29, 1.82) is 0 Å². The Labute approximate surface area is 192 Å². The number of aryl methyl sites for hydroxylation is 1. The van der Waals surface area contributed by atoms with Crippen molar-refractivity contribution >= 4 is 29.5 Å². The third-order valence-electron chi connectivity index (χ3n) is 5.42. The number of hydrogen-bond donors (Lipinski definition) is 1. The summed E-state index contributed by atoms with van der Waals surface area (Å²) in [6, 6.07) is 10.1. The Morgan fingerprint density at radius 1 is 1.12 bits per heavy atom. The van der Waals surface area contributed by atoms with Gasteiger partial charge in [-0.25, -0.2) is 0 Å². The molecule has 3 heterocycles. The van der Waals surface area contributed by atoms with Crippen LogP contribution in [0.1, 0.15) is 51.3 Å². The Balaban J connectivity index is 1.50. The highest BCUT2D eigenvalue weighted by molar-refractivity contribution is 7.99. The first kappa shape index (κ1) is 22.4. The van der Waals surface area contributed by atoms with Crippen LogP contribution >= 0.6 is 11.8 Å². The molecule has 0 atom stereocenters. The second-order valence-corrected chi connectivity index (χ2v) is 10.1. The molecule has 1 aromatic carbocycles. The van der Waals surface area contributed by atoms with E-state index in [9.17, 15) is 4.79 Å². The van der Waals surface area contributed by atoms with E-state index in [1.165, 1.54) is 23.7 Å². The summed E-state index contributed by atoms with van der Waals surface area (Å²) in [6.45, 7) is 10.1. The van der Waals surface area contributed by atoms with Gasteiger partial charge in [-0.05, 0) is 38.3 Å². The molecule has 1 aliphatic heterocycles. The quantitative estimate of drug-likeness (QED) is 0.545. The summed E-state index contributed by atoms with van der Waals surface area (Å²) in [5.74, 6) is 1.20. The van der Waals surface area contributed by atoms with E-state index >= 15 is 0 Å². The maximum Gasteiger partial charge on any atom is 0.237 e. The number of thioether (sulfide) groups is 1. The highest BCUT2D eigenvalue weighted by Crippen LogP contribution is 2.29. The van der Waals surface area contributed by atoms with Gasteiger partial charge in [0.2, 0.25) is 17.7 Å². The number of carbonyl (C=O) groups excluding carboxylic acids is 1. The van der Waals surface area contributed by atoms with Crippen LogP contribution in [-0.4, -0.2) is 44.7 Å². The van der Waals surface area contributed by atoms with Crippen molar-refractivity contribution in [3.05, 3.63) is 41.6 Å². The Bertz CT molecular complexity index is 1060. The zero-order valence-corrected chi connectivity index (χ0v) is 19.9. The summed E-state index contributed by atoms with van der Waals surface area (Å²) >= 11 is 1.36. The number of carbonyl (C=O) groups is 1. The molecular weight excluding hydrogens is 424 g/mol. The lowest BCUT2D eigenvalue weighted by Gasteiger charge is -2.27. The number of rotatable bonds is 6. The van der Waals surface area contributed by atoms with Crippen LogP contribution < -0.4 is 10.2 Å². The molecule has 1 saturated heterocycles. The summed E-state index contributed by atoms with van der Waals surface area (Å²) in [6.07, 6.45) is 3.55. The number of aromatic nitrogens is 4. The Kier molecular flexibility index (Phi) is 6.55. The summed E-state index contributed by atoms with van der Waals surface area (Å²) in [5, 5.41) is 16.4. The van der Waals surface area contributed by atoms with Gasteiger partial charge in [-0.15, -0.1) is 10.2 Å². The Morgan fingerprint density at radius 3 is 2.50 bits per heavy atom. The topological polar surface area (TPSA) is 89.1 Å². The van der Waals surface area contributed by atoms with E-state index in [1.54, 1.807) is 6.07 Å². The van der Waals surface area contributed by atoms with E-state index in [0.29, 0.717) is 11.0 Å². The minimum absolute atomic E-state index is 0.142. The van der Waals surface area contributed by atoms with Crippen molar-refractivity contribution in [1.82, 2.24) is 19.9 Å². The van der Waals surface area contributed by atoms with E-state index in [4.69, 9.17) is 4.52 Å². The molecule has 4 rings (SSSR count). The average molecular weight is 455 g/mol. The van der Waals surface area contributed by atoms with Crippen molar-refractivity contribution < 1.29 is 9.32 Å². The van der Waals surface area contributed by atoms with Gasteiger partial charge in [0.05, 0.1) is 17.1 Å². The van der Waals surface area contributed by atoms with Gasteiger partial charge in [-0.1, -0.05) is 55.4 Å². The molecule has 0 aliphatic carbocycles. The zero-order valence-electron chi connectivity index (χ0n) is 19.1. The summed E-state index contributed by atoms with van der Waals surface area (Å²) in [4.78, 5) is 14.8. The van der Waals surface area contributed by atoms with Crippen LogP contribution in [-0.2, 0) is 10.2 Å². The van der Waals surface area contributed by atoms with Crippen LogP contribution in [0.3, 0.4) is 0 Å². The second-order valence-electron chi connectivity index (χ2n) is 9.16. The molecule has 170 valence electrons. The van der Waals surface area contributed by atoms with Crippen LogP contribution in [0.25, 0.3) is 5.69 Å². The van der Waals surface area contributed by atoms with Crippen LogP contribution in [0.15, 0.2) is 40.0 Å². The van der Waals surface area contributed by atoms with Gasteiger partial charge < -0.3 is 9.42 Å². The van der Waals surface area contributed by atoms with Gasteiger partial charge in [0.25, 0.3) is 0 Å². The number of anilines is 2. The first-order chi connectivity index (χ1) is 15.3. The summed E-state index contributed by atoms with van der Waals surface area (Å²) in [5.41, 5.74) is 2.84. The minimum atomic E-state index is -0.176. The fourth-order valence-corrected chi connectivity index (χ4v) is 4.31. The minimum Gasteiger partial charge on any atom is -0.341 e. The molecule has 1 aliphatic rings. The first-order valence-corrected chi connectivity index (χ1v) is 12.0. The second kappa shape index (κ2) is 9.36. The summed E-state index contributed by atoms with van der Waals surface area (Å²) < 4.78 is 7.32. The van der Waals surface area contributed by atoms with Crippen LogP contribution in [0, 0.1) is 6.92 Å². The lowest BCUT2D eigenvalue weighted by Crippen LogP contribution is -2.31. The SMILES string of the molecule is Cc1ccc(-n2c(SCC(=O)Nc3cc(C(C)(C)C)no3)nnc2N2CCCCC2)cc1. The molecule has 32 heavy (non-hydrogen) atoms. The van der Waals surface area contributed by atoms with Gasteiger partial charge >= 0.3 is 0 Å². The van der Waals surface area contributed by atoms with Gasteiger partial charge in [0.15, 0.2) is 5.16 Å². The van der Waals surface area contributed by atoms with E-state index in [1.807, 2.05) is 20.8 Å². The Hall–Kier alpha value is -2.81. The third-order valence-corrected chi connectivity index (χ3v) is 6.35. The third kappa shape index (κ3) is 5.15. The largest absolute Gasteiger partial charge is 0.341 e. The predicted octanol–water partition coefficient (Wildman–Crippen LogP) is 4.58. The molecule has 1 fully saturated rings. The number of hydrogen-bond acceptors (Lipinski definition) is 7. The fraction of sp³-hybridized carbons (Fsp3) is 0.478. The monoisotopic (exact) mass is 454 g/mol. The average Bonchev–Trinajstić information content (AvgIpc) is 3.41. The van der Waals surface area contributed by atoms with E-state index < -0.39 is 0 Å². The van der Waals surface area contributed by atoms with Crippen LogP contribution in [0.2, 0.25) is 0 Å². The van der Waals surface area contributed by atoms with Crippen molar-refractivity contribution in [2.24, 2.45) is 0 Å². The molecule has 0 radical (unpaired) electrons. The van der Waals surface area contributed by atoms with Gasteiger partial charge in [-0.3, -0.25) is 14.7 Å². The normalized spacial score (nSPS) is 14.6. The molecule has 1 N–H and O–H groups in total. The number of amides is 1. The van der Waals surface area contributed by atoms with Crippen LogP contribution in [0.4, 0.5) is 11.8 Å². The highest BCUT2D eigenvalue weighted by atomic mass is 32.2. The van der Waals surface area contributed by atoms with Gasteiger partial charge in [-0.2, -0.15) is 0 Å². The lowest BCUT2D eigenvalue weighted by molar-refractivity contribution is -0.113. The van der Waals surface area contributed by atoms with Crippen molar-refractivity contribution in [2.45, 2.75) is 57.5 Å². The van der Waals surface area contributed by atoms with Gasteiger partial charge in [0, 0.05) is 24.6 Å². The van der Waals surface area contributed by atoms with E-state index in [0.717, 1.165) is 43.3 Å². The first-order valence-electron chi connectivity index (χ1n) is 11.0. The van der Waals surface area contributed by atoms with Crippen molar-refractivity contribution in [2.75, 3.05) is 29.1 Å². The standard InChI is InChI=1S/C23H30N6O2S/c1-16-8-10-17(11-9-16)29-21(28-12-6-5-7-13-28)25-26-22(29)32-15-19(30)24-20-14-18(27-31-20)23(2,3)4/h8-11,14H,5-7,12-13,15H2,1-4H3,(H,24,30). The number of piperidine rings is 1. The van der Waals surface area contributed by atoms with E-state index in [-0.39, 0.29) is 17.1 Å². The summed E-state index contributed by atoms with van der Waals surface area (Å²) in [7, 11) is 0. The number of benzene rings is 1. The molecular formula is C23H30N6O2S. The fourth-order valence-electron chi connectivity index (χ4n) is 3.57. The zero-order chi connectivity index (χ0) is 22.7. The predicted molar refractivity (Wildman–Crippen MR) is 127 cm³/mol. The molecule has 0 spiro atoms. The molecule has 3 aromatic rings. The molecule has 0 unspecified atom stereocenters. The smallest absolute Gasteiger partial charge is 0.237 e. The molecule has 1 amide bonds. The van der Waals surface area contributed by atoms with Crippen molar-refractivity contribution in [3.63, 3.8) is 0 Å². The number of nitrogens with one attached hydrogen (secondary N) is 1. The molecule has 2 aromatic heterocycles. The molecule has 0 saturated carbocycles.